The van der Waals surface area contributed by atoms with Crippen molar-refractivity contribution in [2.75, 3.05) is 6.54 Å². The van der Waals surface area contributed by atoms with Gasteiger partial charge in [-0.3, -0.25) is 4.79 Å². The third kappa shape index (κ3) is 2.97. The Balaban J connectivity index is 1.85. The molecule has 0 saturated heterocycles. The van der Waals surface area contributed by atoms with Crippen LogP contribution >= 0.6 is 0 Å². The molecule has 0 aliphatic carbocycles. The smallest absolute Gasteiger partial charge is 0.243 e. The average molecular weight is 243 g/mol. The molecule has 0 spiro atoms. The Labute approximate surface area is 106 Å². The largest absolute Gasteiger partial charge is 0.352 e. The topological polar surface area (TPSA) is 46.9 Å². The number of fused-ring (bicyclic) bond motifs is 1. The molecule has 4 heteroatoms. The molecule has 1 aromatic carbocycles. The molecule has 1 amide bonds. The fraction of sp³-hybridized carbons (Fsp3) is 0.286. The minimum atomic E-state index is -0.0343. The van der Waals surface area contributed by atoms with E-state index in [0.29, 0.717) is 6.54 Å². The Bertz CT molecular complexity index is 557. The summed E-state index contributed by atoms with van der Waals surface area (Å²) in [5.41, 5.74) is 2.15. The van der Waals surface area contributed by atoms with Gasteiger partial charge in [0.15, 0.2) is 0 Å². The van der Waals surface area contributed by atoms with E-state index >= 15 is 0 Å². The van der Waals surface area contributed by atoms with Gasteiger partial charge in [-0.25, -0.2) is 4.98 Å². The van der Waals surface area contributed by atoms with E-state index in [4.69, 9.17) is 0 Å². The zero-order chi connectivity index (χ0) is 12.8. The lowest BCUT2D eigenvalue weighted by molar-refractivity contribution is -0.116. The van der Waals surface area contributed by atoms with E-state index in [1.54, 1.807) is 6.08 Å². The highest BCUT2D eigenvalue weighted by Crippen LogP contribution is 2.11. The van der Waals surface area contributed by atoms with E-state index in [9.17, 15) is 4.79 Å². The number of carbonyl (C=O) groups is 1. The van der Waals surface area contributed by atoms with Crippen molar-refractivity contribution in [1.29, 1.82) is 0 Å². The highest BCUT2D eigenvalue weighted by Gasteiger charge is 2.00. The molecule has 4 nitrogen and oxygen atoms in total. The van der Waals surface area contributed by atoms with Crippen molar-refractivity contribution in [2.45, 2.75) is 19.9 Å². The molecule has 0 bridgehead atoms. The minimum Gasteiger partial charge on any atom is -0.352 e. The molecule has 18 heavy (non-hydrogen) atoms. The van der Waals surface area contributed by atoms with Crippen LogP contribution < -0.4 is 5.32 Å². The number of nitrogens with one attached hydrogen (secondary N) is 1. The summed E-state index contributed by atoms with van der Waals surface area (Å²) >= 11 is 0. The summed E-state index contributed by atoms with van der Waals surface area (Å²) in [6.45, 7) is 3.36. The van der Waals surface area contributed by atoms with Crippen LogP contribution in [-0.2, 0) is 11.3 Å². The Hall–Kier alpha value is -2.10. The van der Waals surface area contributed by atoms with Crippen LogP contribution in [0.3, 0.4) is 0 Å². The molecule has 2 aromatic rings. The molecule has 2 rings (SSSR count). The molecular formula is C14H17N3O. The van der Waals surface area contributed by atoms with Crippen molar-refractivity contribution >= 4 is 16.9 Å². The second kappa shape index (κ2) is 6.00. The first-order valence-electron chi connectivity index (χ1n) is 6.11. The molecule has 1 N–H and O–H groups in total. The second-order valence-electron chi connectivity index (χ2n) is 4.07. The summed E-state index contributed by atoms with van der Waals surface area (Å²) in [7, 11) is 0. The van der Waals surface area contributed by atoms with Gasteiger partial charge in [0.2, 0.25) is 5.91 Å². The summed E-state index contributed by atoms with van der Waals surface area (Å²) in [4.78, 5) is 15.5. The molecule has 94 valence electrons. The highest BCUT2D eigenvalue weighted by atomic mass is 16.1. The normalized spacial score (nSPS) is 11.2. The zero-order valence-corrected chi connectivity index (χ0v) is 10.5. The van der Waals surface area contributed by atoms with Crippen LogP contribution in [0.1, 0.15) is 13.3 Å². The predicted molar refractivity (Wildman–Crippen MR) is 72.2 cm³/mol. The zero-order valence-electron chi connectivity index (χ0n) is 10.5. The Morgan fingerprint density at radius 1 is 1.44 bits per heavy atom. The van der Waals surface area contributed by atoms with Crippen LogP contribution in [0.2, 0.25) is 0 Å². The first-order chi connectivity index (χ1) is 8.81. The van der Waals surface area contributed by atoms with Gasteiger partial charge in [-0.05, 0) is 31.6 Å². The quantitative estimate of drug-likeness (QED) is 0.646. The third-order valence-corrected chi connectivity index (χ3v) is 2.72. The van der Waals surface area contributed by atoms with Gasteiger partial charge in [0, 0.05) is 13.1 Å². The Kier molecular flexibility index (Phi) is 4.12. The number of para-hydroxylation sites is 2. The van der Waals surface area contributed by atoms with Crippen molar-refractivity contribution in [2.24, 2.45) is 0 Å². The molecule has 0 atom stereocenters. The van der Waals surface area contributed by atoms with Gasteiger partial charge in [0.25, 0.3) is 0 Å². The van der Waals surface area contributed by atoms with E-state index in [-0.39, 0.29) is 5.91 Å². The van der Waals surface area contributed by atoms with Gasteiger partial charge in [0.05, 0.1) is 17.4 Å². The number of rotatable bonds is 5. The average Bonchev–Trinajstić information content (AvgIpc) is 2.78. The van der Waals surface area contributed by atoms with Crippen molar-refractivity contribution in [3.63, 3.8) is 0 Å². The van der Waals surface area contributed by atoms with Crippen LogP contribution in [0.5, 0.6) is 0 Å². The molecule has 0 saturated carbocycles. The first kappa shape index (κ1) is 12.4. The SMILES string of the molecule is CC=CC(=O)NCCCn1cnc2ccccc21. The highest BCUT2D eigenvalue weighted by molar-refractivity contribution is 5.87. The number of aromatic nitrogens is 2. The van der Waals surface area contributed by atoms with Gasteiger partial charge in [0.1, 0.15) is 0 Å². The van der Waals surface area contributed by atoms with Crippen molar-refractivity contribution < 1.29 is 4.79 Å². The second-order valence-corrected chi connectivity index (χ2v) is 4.07. The molecule has 0 radical (unpaired) electrons. The summed E-state index contributed by atoms with van der Waals surface area (Å²) in [5.74, 6) is -0.0343. The van der Waals surface area contributed by atoms with Crippen molar-refractivity contribution in [3.8, 4) is 0 Å². The first-order valence-corrected chi connectivity index (χ1v) is 6.11. The molecule has 1 heterocycles. The molecule has 0 aliphatic rings. The molecule has 0 aliphatic heterocycles. The number of allylic oxidation sites excluding steroid dienone is 1. The molecule has 0 fully saturated rings. The molecular weight excluding hydrogens is 226 g/mol. The van der Waals surface area contributed by atoms with Crippen LogP contribution in [0.25, 0.3) is 11.0 Å². The van der Waals surface area contributed by atoms with E-state index in [2.05, 4.69) is 20.9 Å². The van der Waals surface area contributed by atoms with E-state index < -0.39 is 0 Å². The summed E-state index contributed by atoms with van der Waals surface area (Å²) in [6.07, 6.45) is 6.01. The van der Waals surface area contributed by atoms with Crippen LogP contribution in [-0.4, -0.2) is 22.0 Å². The lowest BCUT2D eigenvalue weighted by Crippen LogP contribution is -2.22. The van der Waals surface area contributed by atoms with E-state index in [1.165, 1.54) is 6.08 Å². The summed E-state index contributed by atoms with van der Waals surface area (Å²) < 4.78 is 2.11. The standard InChI is InChI=1S/C14H17N3O/c1-2-6-14(18)15-9-5-10-17-11-16-12-7-3-4-8-13(12)17/h2-4,6-8,11H,5,9-10H2,1H3,(H,15,18). The van der Waals surface area contributed by atoms with Gasteiger partial charge >= 0.3 is 0 Å². The number of imidazole rings is 1. The van der Waals surface area contributed by atoms with E-state index in [1.807, 2.05) is 31.5 Å². The molecule has 1 aromatic heterocycles. The fourth-order valence-electron chi connectivity index (χ4n) is 1.86. The summed E-state index contributed by atoms with van der Waals surface area (Å²) in [6, 6.07) is 8.05. The molecule has 0 unspecified atom stereocenters. The number of carbonyl (C=O) groups excluding carboxylic acids is 1. The number of aryl methyl sites for hydroxylation is 1. The Morgan fingerprint density at radius 3 is 3.11 bits per heavy atom. The Morgan fingerprint density at radius 2 is 2.28 bits per heavy atom. The van der Waals surface area contributed by atoms with Crippen LogP contribution in [0.4, 0.5) is 0 Å². The number of nitrogens with zero attached hydrogens (tertiary/aromatic N) is 2. The van der Waals surface area contributed by atoms with Crippen molar-refractivity contribution in [3.05, 3.63) is 42.7 Å². The van der Waals surface area contributed by atoms with Gasteiger partial charge in [-0.15, -0.1) is 0 Å². The number of hydrogen-bond acceptors (Lipinski definition) is 2. The maximum absolute atomic E-state index is 11.2. The number of benzene rings is 1. The van der Waals surface area contributed by atoms with Gasteiger partial charge < -0.3 is 9.88 Å². The third-order valence-electron chi connectivity index (χ3n) is 2.72. The fourth-order valence-corrected chi connectivity index (χ4v) is 1.86. The summed E-state index contributed by atoms with van der Waals surface area (Å²) in [5, 5.41) is 2.83. The van der Waals surface area contributed by atoms with E-state index in [0.717, 1.165) is 24.0 Å². The monoisotopic (exact) mass is 243 g/mol. The van der Waals surface area contributed by atoms with Crippen LogP contribution in [0, 0.1) is 0 Å². The predicted octanol–water partition coefficient (Wildman–Crippen LogP) is 2.12. The number of hydrogen-bond donors (Lipinski definition) is 1. The van der Waals surface area contributed by atoms with Gasteiger partial charge in [-0.2, -0.15) is 0 Å². The van der Waals surface area contributed by atoms with Crippen molar-refractivity contribution in [1.82, 2.24) is 14.9 Å². The lowest BCUT2D eigenvalue weighted by Gasteiger charge is -2.04. The maximum Gasteiger partial charge on any atom is 0.243 e. The lowest BCUT2D eigenvalue weighted by atomic mass is 10.3. The van der Waals surface area contributed by atoms with Gasteiger partial charge in [-0.1, -0.05) is 18.2 Å². The van der Waals surface area contributed by atoms with Crippen LogP contribution in [0.15, 0.2) is 42.7 Å². The maximum atomic E-state index is 11.2. The number of amides is 1. The minimum absolute atomic E-state index is 0.0343.